The van der Waals surface area contributed by atoms with Crippen molar-refractivity contribution in [1.82, 2.24) is 15.0 Å². The lowest BCUT2D eigenvalue weighted by molar-refractivity contribution is 0.398. The van der Waals surface area contributed by atoms with Gasteiger partial charge in [0.1, 0.15) is 5.82 Å². The number of aromatic amines is 1. The Morgan fingerprint density at radius 1 is 1.40 bits per heavy atom. The van der Waals surface area contributed by atoms with Crippen LogP contribution in [0.2, 0.25) is 0 Å². The summed E-state index contributed by atoms with van der Waals surface area (Å²) in [5.74, 6) is 1.50. The number of ether oxygens (including phenoxy) is 1. The minimum absolute atomic E-state index is 0.610. The standard InChI is InChI=1S/C10H12N4O/c1-15-10-3-2-8(6-14-10)13-7-9-11-4-5-12-9/h2-6,13H,7H2,1H3,(H,11,12). The number of imidazole rings is 1. The van der Waals surface area contributed by atoms with Gasteiger partial charge >= 0.3 is 0 Å². The Hall–Kier alpha value is -2.04. The Labute approximate surface area is 87.5 Å². The van der Waals surface area contributed by atoms with Gasteiger partial charge in [0.05, 0.1) is 25.5 Å². The molecular weight excluding hydrogens is 192 g/mol. The van der Waals surface area contributed by atoms with E-state index < -0.39 is 0 Å². The summed E-state index contributed by atoms with van der Waals surface area (Å²) < 4.78 is 4.96. The Bertz CT molecular complexity index is 396. The second-order valence-electron chi connectivity index (χ2n) is 2.98. The van der Waals surface area contributed by atoms with E-state index in [1.54, 1.807) is 25.7 Å². The van der Waals surface area contributed by atoms with E-state index in [9.17, 15) is 0 Å². The zero-order valence-electron chi connectivity index (χ0n) is 8.40. The van der Waals surface area contributed by atoms with Crippen LogP contribution >= 0.6 is 0 Å². The molecule has 0 bridgehead atoms. The highest BCUT2D eigenvalue weighted by molar-refractivity contribution is 5.41. The lowest BCUT2D eigenvalue weighted by Gasteiger charge is -2.04. The first-order valence-electron chi connectivity index (χ1n) is 4.60. The number of hydrogen-bond donors (Lipinski definition) is 2. The molecule has 0 radical (unpaired) electrons. The first-order chi connectivity index (χ1) is 7.38. The molecule has 0 saturated heterocycles. The van der Waals surface area contributed by atoms with E-state index in [0.717, 1.165) is 11.5 Å². The van der Waals surface area contributed by atoms with Crippen molar-refractivity contribution in [1.29, 1.82) is 0 Å². The lowest BCUT2D eigenvalue weighted by atomic mass is 10.4. The van der Waals surface area contributed by atoms with Gasteiger partial charge in [-0.25, -0.2) is 9.97 Å². The number of hydrogen-bond acceptors (Lipinski definition) is 4. The van der Waals surface area contributed by atoms with Crippen LogP contribution in [0.25, 0.3) is 0 Å². The molecule has 0 aromatic carbocycles. The predicted octanol–water partition coefficient (Wildman–Crippen LogP) is 1.43. The van der Waals surface area contributed by atoms with Crippen LogP contribution in [0.15, 0.2) is 30.7 Å². The average Bonchev–Trinajstić information content (AvgIpc) is 2.80. The van der Waals surface area contributed by atoms with Crippen LogP contribution in [0.4, 0.5) is 5.69 Å². The van der Waals surface area contributed by atoms with Crippen LogP contribution in [0.5, 0.6) is 5.88 Å². The summed E-state index contributed by atoms with van der Waals surface area (Å²) in [6.07, 6.45) is 5.24. The second kappa shape index (κ2) is 4.45. The van der Waals surface area contributed by atoms with Crippen molar-refractivity contribution in [2.75, 3.05) is 12.4 Å². The number of H-pyrrole nitrogens is 1. The fourth-order valence-corrected chi connectivity index (χ4v) is 1.19. The lowest BCUT2D eigenvalue weighted by Crippen LogP contribution is -2.01. The Kier molecular flexibility index (Phi) is 2.82. The van der Waals surface area contributed by atoms with E-state index in [1.807, 2.05) is 12.1 Å². The summed E-state index contributed by atoms with van der Waals surface area (Å²) in [6, 6.07) is 3.72. The first kappa shape index (κ1) is 9.51. The molecule has 0 aliphatic carbocycles. The fraction of sp³-hybridized carbons (Fsp3) is 0.200. The minimum Gasteiger partial charge on any atom is -0.481 e. The van der Waals surface area contributed by atoms with Crippen molar-refractivity contribution in [3.05, 3.63) is 36.5 Å². The summed E-state index contributed by atoms with van der Waals surface area (Å²) in [5, 5.41) is 3.19. The van der Waals surface area contributed by atoms with Gasteiger partial charge in [-0.1, -0.05) is 0 Å². The molecule has 2 aromatic rings. The maximum absolute atomic E-state index is 4.96. The topological polar surface area (TPSA) is 62.8 Å². The zero-order valence-corrected chi connectivity index (χ0v) is 8.40. The molecule has 2 rings (SSSR count). The van der Waals surface area contributed by atoms with Crippen LogP contribution in [-0.2, 0) is 6.54 Å². The summed E-state index contributed by atoms with van der Waals surface area (Å²) in [6.45, 7) is 0.654. The maximum Gasteiger partial charge on any atom is 0.213 e. The summed E-state index contributed by atoms with van der Waals surface area (Å²) in [4.78, 5) is 11.2. The van der Waals surface area contributed by atoms with E-state index in [-0.39, 0.29) is 0 Å². The molecule has 0 fully saturated rings. The number of rotatable bonds is 4. The summed E-state index contributed by atoms with van der Waals surface area (Å²) in [7, 11) is 1.60. The van der Waals surface area contributed by atoms with E-state index in [2.05, 4.69) is 20.3 Å². The Morgan fingerprint density at radius 2 is 2.33 bits per heavy atom. The van der Waals surface area contributed by atoms with Gasteiger partial charge in [-0.3, -0.25) is 0 Å². The largest absolute Gasteiger partial charge is 0.481 e. The molecule has 0 spiro atoms. The highest BCUT2D eigenvalue weighted by Crippen LogP contribution is 2.11. The molecule has 5 heteroatoms. The highest BCUT2D eigenvalue weighted by atomic mass is 16.5. The SMILES string of the molecule is COc1ccc(NCc2ncc[nH]2)cn1. The number of anilines is 1. The predicted molar refractivity (Wildman–Crippen MR) is 56.7 cm³/mol. The molecular formula is C10H12N4O. The van der Waals surface area contributed by atoms with Gasteiger partial charge in [0, 0.05) is 18.5 Å². The molecule has 78 valence electrons. The molecule has 0 atom stereocenters. The normalized spacial score (nSPS) is 9.93. The van der Waals surface area contributed by atoms with Crippen molar-refractivity contribution < 1.29 is 4.74 Å². The third kappa shape index (κ3) is 2.46. The molecule has 0 aliphatic heterocycles. The van der Waals surface area contributed by atoms with E-state index in [4.69, 9.17) is 4.74 Å². The van der Waals surface area contributed by atoms with Crippen molar-refractivity contribution in [2.45, 2.75) is 6.54 Å². The molecule has 0 saturated carbocycles. The quantitative estimate of drug-likeness (QED) is 0.790. The fourth-order valence-electron chi connectivity index (χ4n) is 1.19. The molecule has 0 aliphatic rings. The van der Waals surface area contributed by atoms with Gasteiger partial charge in [-0.2, -0.15) is 0 Å². The van der Waals surface area contributed by atoms with Gasteiger partial charge in [-0.15, -0.1) is 0 Å². The molecule has 2 N–H and O–H groups in total. The molecule has 0 unspecified atom stereocenters. The number of pyridine rings is 1. The van der Waals surface area contributed by atoms with E-state index in [0.29, 0.717) is 12.4 Å². The van der Waals surface area contributed by atoms with Gasteiger partial charge in [0.15, 0.2) is 0 Å². The molecule has 5 nitrogen and oxygen atoms in total. The van der Waals surface area contributed by atoms with Crippen LogP contribution in [0.3, 0.4) is 0 Å². The second-order valence-corrected chi connectivity index (χ2v) is 2.98. The summed E-state index contributed by atoms with van der Waals surface area (Å²) >= 11 is 0. The molecule has 2 aromatic heterocycles. The zero-order chi connectivity index (χ0) is 10.5. The van der Waals surface area contributed by atoms with Crippen LogP contribution in [-0.4, -0.2) is 22.1 Å². The number of methoxy groups -OCH3 is 1. The minimum atomic E-state index is 0.610. The number of aromatic nitrogens is 3. The van der Waals surface area contributed by atoms with Crippen molar-refractivity contribution in [2.24, 2.45) is 0 Å². The van der Waals surface area contributed by atoms with Crippen LogP contribution in [0.1, 0.15) is 5.82 Å². The van der Waals surface area contributed by atoms with E-state index >= 15 is 0 Å². The van der Waals surface area contributed by atoms with Crippen molar-refractivity contribution >= 4 is 5.69 Å². The van der Waals surface area contributed by atoms with Gasteiger partial charge < -0.3 is 15.0 Å². The number of nitrogens with zero attached hydrogens (tertiary/aromatic N) is 2. The monoisotopic (exact) mass is 204 g/mol. The number of nitrogens with one attached hydrogen (secondary N) is 2. The average molecular weight is 204 g/mol. The Balaban J connectivity index is 1.93. The first-order valence-corrected chi connectivity index (χ1v) is 4.60. The Morgan fingerprint density at radius 3 is 2.93 bits per heavy atom. The molecule has 0 amide bonds. The van der Waals surface area contributed by atoms with Gasteiger partial charge in [0.2, 0.25) is 5.88 Å². The van der Waals surface area contributed by atoms with E-state index in [1.165, 1.54) is 0 Å². The molecule has 2 heterocycles. The highest BCUT2D eigenvalue weighted by Gasteiger charge is 1.96. The van der Waals surface area contributed by atoms with Crippen molar-refractivity contribution in [3.8, 4) is 5.88 Å². The van der Waals surface area contributed by atoms with Crippen LogP contribution in [0, 0.1) is 0 Å². The van der Waals surface area contributed by atoms with Crippen molar-refractivity contribution in [3.63, 3.8) is 0 Å². The molecule has 15 heavy (non-hydrogen) atoms. The third-order valence-electron chi connectivity index (χ3n) is 1.96. The van der Waals surface area contributed by atoms with Gasteiger partial charge in [0.25, 0.3) is 0 Å². The van der Waals surface area contributed by atoms with Crippen LogP contribution < -0.4 is 10.1 Å². The smallest absolute Gasteiger partial charge is 0.213 e. The third-order valence-corrected chi connectivity index (χ3v) is 1.96. The summed E-state index contributed by atoms with van der Waals surface area (Å²) in [5.41, 5.74) is 0.937. The maximum atomic E-state index is 4.96. The van der Waals surface area contributed by atoms with Gasteiger partial charge in [-0.05, 0) is 6.07 Å².